The fraction of sp³-hybridized carbons (Fsp3) is 0.154. The van der Waals surface area contributed by atoms with E-state index < -0.39 is 0 Å². The molecule has 0 fully saturated rings. The van der Waals surface area contributed by atoms with Crippen LogP contribution in [0.3, 0.4) is 0 Å². The number of ether oxygens (including phenoxy) is 1. The van der Waals surface area contributed by atoms with Crippen LogP contribution >= 0.6 is 15.9 Å². The molecule has 1 aromatic carbocycles. The number of H-pyrrole nitrogens is 1. The summed E-state index contributed by atoms with van der Waals surface area (Å²) in [6.07, 6.45) is 1.89. The lowest BCUT2D eigenvalue weighted by Crippen LogP contribution is -2.12. The zero-order valence-corrected chi connectivity index (χ0v) is 11.1. The molecule has 0 aliphatic carbocycles. The van der Waals surface area contributed by atoms with E-state index in [1.807, 2.05) is 42.6 Å². The van der Waals surface area contributed by atoms with E-state index >= 15 is 0 Å². The van der Waals surface area contributed by atoms with Crippen molar-refractivity contribution in [3.63, 3.8) is 0 Å². The minimum absolute atomic E-state index is 0.724. The van der Waals surface area contributed by atoms with Crippen molar-refractivity contribution < 1.29 is 9.72 Å². The third-order valence-corrected chi connectivity index (χ3v) is 2.93. The van der Waals surface area contributed by atoms with Crippen LogP contribution in [0, 0.1) is 0 Å². The lowest BCUT2D eigenvalue weighted by molar-refractivity contribution is -0.362. The Kier molecular flexibility index (Phi) is 3.98. The van der Waals surface area contributed by atoms with Gasteiger partial charge in [-0.25, -0.2) is 4.98 Å². The summed E-state index contributed by atoms with van der Waals surface area (Å²) in [4.78, 5) is 3.15. The van der Waals surface area contributed by atoms with Crippen molar-refractivity contribution in [2.45, 2.75) is 6.54 Å². The summed E-state index contributed by atoms with van der Waals surface area (Å²) in [5.41, 5.74) is 1.13. The van der Waals surface area contributed by atoms with Gasteiger partial charge in [0.05, 0.1) is 11.6 Å². The molecule has 3 nitrogen and oxygen atoms in total. The van der Waals surface area contributed by atoms with Crippen molar-refractivity contribution in [1.82, 2.24) is 0 Å². The van der Waals surface area contributed by atoms with Crippen LogP contribution in [-0.2, 0) is 6.54 Å². The SMILES string of the molecule is COc1ccccc1CNc1ccc(Br)c[nH+]1. The van der Waals surface area contributed by atoms with Crippen molar-refractivity contribution >= 4 is 21.7 Å². The second-order valence-electron chi connectivity index (χ2n) is 3.59. The number of hydrogen-bond acceptors (Lipinski definition) is 2. The van der Waals surface area contributed by atoms with Crippen LogP contribution in [0.5, 0.6) is 5.75 Å². The predicted molar refractivity (Wildman–Crippen MR) is 71.0 cm³/mol. The molecular weight excluding hydrogens is 280 g/mol. The fourth-order valence-electron chi connectivity index (χ4n) is 1.56. The minimum atomic E-state index is 0.724. The van der Waals surface area contributed by atoms with Gasteiger partial charge < -0.3 is 4.74 Å². The predicted octanol–water partition coefficient (Wildman–Crippen LogP) is 2.88. The Bertz CT molecular complexity index is 485. The minimum Gasteiger partial charge on any atom is -0.496 e. The molecule has 2 rings (SSSR count). The smallest absolute Gasteiger partial charge is 0.272 e. The van der Waals surface area contributed by atoms with Gasteiger partial charge in [0.1, 0.15) is 18.5 Å². The van der Waals surface area contributed by atoms with Gasteiger partial charge in [0.2, 0.25) is 0 Å². The summed E-state index contributed by atoms with van der Waals surface area (Å²) in [5.74, 6) is 1.87. The molecule has 88 valence electrons. The summed E-state index contributed by atoms with van der Waals surface area (Å²) in [7, 11) is 1.69. The number of pyridine rings is 1. The average molecular weight is 294 g/mol. The largest absolute Gasteiger partial charge is 0.496 e. The molecule has 0 saturated carbocycles. The van der Waals surface area contributed by atoms with E-state index in [1.165, 1.54) is 0 Å². The van der Waals surface area contributed by atoms with Crippen LogP contribution in [0.1, 0.15) is 5.56 Å². The summed E-state index contributed by atoms with van der Waals surface area (Å²) in [5, 5.41) is 3.31. The molecule has 0 saturated heterocycles. The number of anilines is 1. The van der Waals surface area contributed by atoms with Crippen LogP contribution < -0.4 is 15.0 Å². The van der Waals surface area contributed by atoms with Gasteiger partial charge in [-0.15, -0.1) is 0 Å². The van der Waals surface area contributed by atoms with Crippen LogP contribution in [0.2, 0.25) is 0 Å². The Morgan fingerprint density at radius 3 is 2.76 bits per heavy atom. The van der Waals surface area contributed by atoms with Gasteiger partial charge >= 0.3 is 0 Å². The zero-order chi connectivity index (χ0) is 12.1. The van der Waals surface area contributed by atoms with Gasteiger partial charge in [0.25, 0.3) is 5.82 Å². The van der Waals surface area contributed by atoms with Gasteiger partial charge in [-0.1, -0.05) is 18.2 Å². The van der Waals surface area contributed by atoms with Crippen LogP contribution in [0.4, 0.5) is 5.82 Å². The van der Waals surface area contributed by atoms with E-state index in [9.17, 15) is 0 Å². The highest BCUT2D eigenvalue weighted by Gasteiger charge is 2.05. The second-order valence-corrected chi connectivity index (χ2v) is 4.50. The van der Waals surface area contributed by atoms with E-state index in [2.05, 4.69) is 26.2 Å². The van der Waals surface area contributed by atoms with E-state index in [0.29, 0.717) is 0 Å². The summed E-state index contributed by atoms with van der Waals surface area (Å²) < 4.78 is 6.32. The van der Waals surface area contributed by atoms with Crippen LogP contribution in [0.25, 0.3) is 0 Å². The molecule has 17 heavy (non-hydrogen) atoms. The van der Waals surface area contributed by atoms with Crippen LogP contribution in [0.15, 0.2) is 47.1 Å². The Balaban J connectivity index is 2.04. The number of methoxy groups -OCH3 is 1. The molecule has 0 spiro atoms. The van der Waals surface area contributed by atoms with Gasteiger partial charge in [0, 0.05) is 11.6 Å². The molecule has 0 bridgehead atoms. The highest BCUT2D eigenvalue weighted by molar-refractivity contribution is 9.10. The molecule has 0 aliphatic rings. The summed E-state index contributed by atoms with van der Waals surface area (Å²) in [6.45, 7) is 0.724. The Morgan fingerprint density at radius 2 is 2.06 bits per heavy atom. The van der Waals surface area contributed by atoms with Gasteiger partial charge in [-0.3, -0.25) is 5.32 Å². The molecule has 0 amide bonds. The molecule has 0 aliphatic heterocycles. The van der Waals surface area contributed by atoms with Gasteiger partial charge in [0.15, 0.2) is 0 Å². The first-order chi connectivity index (χ1) is 8.29. The maximum Gasteiger partial charge on any atom is 0.272 e. The molecule has 1 aromatic heterocycles. The average Bonchev–Trinajstić information content (AvgIpc) is 2.38. The fourth-order valence-corrected chi connectivity index (χ4v) is 1.80. The standard InChI is InChI=1S/C13H13BrN2O/c1-17-12-5-3-2-4-10(12)8-15-13-7-6-11(14)9-16-13/h2-7,9H,8H2,1H3,(H,15,16)/p+1. The van der Waals surface area contributed by atoms with Crippen molar-refractivity contribution in [1.29, 1.82) is 0 Å². The molecule has 2 N–H and O–H groups in total. The van der Waals surface area contributed by atoms with Crippen molar-refractivity contribution in [2.24, 2.45) is 0 Å². The third kappa shape index (κ3) is 3.20. The third-order valence-electron chi connectivity index (χ3n) is 2.44. The first kappa shape index (κ1) is 11.9. The number of nitrogens with one attached hydrogen (secondary N) is 2. The molecule has 0 atom stereocenters. The Labute approximate surface area is 109 Å². The van der Waals surface area contributed by atoms with E-state index in [-0.39, 0.29) is 0 Å². The number of halogens is 1. The quantitative estimate of drug-likeness (QED) is 0.941. The maximum absolute atomic E-state index is 5.30. The lowest BCUT2D eigenvalue weighted by Gasteiger charge is -2.06. The monoisotopic (exact) mass is 293 g/mol. The normalized spacial score (nSPS) is 10.0. The molecule has 0 radical (unpaired) electrons. The molecule has 2 aromatic rings. The topological polar surface area (TPSA) is 35.4 Å². The molecule has 1 heterocycles. The van der Waals surface area contributed by atoms with Gasteiger partial charge in [-0.05, 0) is 28.1 Å². The highest BCUT2D eigenvalue weighted by Crippen LogP contribution is 2.18. The Hall–Kier alpha value is -1.55. The molecule has 0 unspecified atom stereocenters. The lowest BCUT2D eigenvalue weighted by atomic mass is 10.2. The number of hydrogen-bond donors (Lipinski definition) is 1. The van der Waals surface area contributed by atoms with Crippen molar-refractivity contribution in [3.8, 4) is 5.75 Å². The second kappa shape index (κ2) is 5.68. The number of aromatic amines is 1. The van der Waals surface area contributed by atoms with Gasteiger partial charge in [-0.2, -0.15) is 0 Å². The van der Waals surface area contributed by atoms with E-state index in [1.54, 1.807) is 7.11 Å². The van der Waals surface area contributed by atoms with E-state index in [0.717, 1.165) is 28.1 Å². The summed E-state index contributed by atoms with van der Waals surface area (Å²) >= 11 is 3.39. The molecule has 4 heteroatoms. The summed E-state index contributed by atoms with van der Waals surface area (Å²) in [6, 6.07) is 12.0. The number of para-hydroxylation sites is 1. The van der Waals surface area contributed by atoms with Crippen molar-refractivity contribution in [2.75, 3.05) is 12.4 Å². The number of benzene rings is 1. The number of rotatable bonds is 4. The van der Waals surface area contributed by atoms with Crippen molar-refractivity contribution in [3.05, 3.63) is 52.6 Å². The maximum atomic E-state index is 5.30. The first-order valence-corrected chi connectivity index (χ1v) is 6.12. The highest BCUT2D eigenvalue weighted by atomic mass is 79.9. The first-order valence-electron chi connectivity index (χ1n) is 5.32. The number of aromatic nitrogens is 1. The zero-order valence-electron chi connectivity index (χ0n) is 9.53. The Morgan fingerprint density at radius 1 is 1.24 bits per heavy atom. The van der Waals surface area contributed by atoms with Crippen LogP contribution in [-0.4, -0.2) is 7.11 Å². The van der Waals surface area contributed by atoms with E-state index in [4.69, 9.17) is 4.74 Å². The molecular formula is C13H14BrN2O+.